The first-order chi connectivity index (χ1) is 14.6. The van der Waals surface area contributed by atoms with E-state index in [9.17, 15) is 18.4 Å². The van der Waals surface area contributed by atoms with Crippen LogP contribution in [0.15, 0.2) is 51.7 Å². The maximum absolute atomic E-state index is 13.9. The molecule has 162 valence electrons. The van der Waals surface area contributed by atoms with Crippen LogP contribution in [0.5, 0.6) is 5.75 Å². The van der Waals surface area contributed by atoms with Crippen molar-refractivity contribution in [3.8, 4) is 11.4 Å². The molecule has 0 fully saturated rings. The number of carbonyl (C=O) groups is 1. The van der Waals surface area contributed by atoms with Crippen molar-refractivity contribution in [3.63, 3.8) is 0 Å². The first kappa shape index (κ1) is 22.7. The number of amides is 1. The maximum atomic E-state index is 13.9. The fourth-order valence-electron chi connectivity index (χ4n) is 3.22. The zero-order chi connectivity index (χ0) is 22.9. The molecule has 0 atom stereocenters. The van der Waals surface area contributed by atoms with Crippen molar-refractivity contribution in [2.75, 3.05) is 14.1 Å². The third kappa shape index (κ3) is 4.54. The average Bonchev–Trinajstić information content (AvgIpc) is 2.71. The Morgan fingerprint density at radius 1 is 1.13 bits per heavy atom. The largest absolute Gasteiger partial charge is 0.487 e. The zero-order valence-electron chi connectivity index (χ0n) is 17.5. The third-order valence-electron chi connectivity index (χ3n) is 4.88. The summed E-state index contributed by atoms with van der Waals surface area (Å²) in [6.45, 7) is 3.35. The molecule has 0 radical (unpaired) electrons. The van der Waals surface area contributed by atoms with E-state index in [0.29, 0.717) is 22.5 Å². The predicted octanol–water partition coefficient (Wildman–Crippen LogP) is 4.78. The molecule has 5 nitrogen and oxygen atoms in total. The molecule has 1 aromatic heterocycles. The number of aryl methyl sites for hydroxylation is 1. The fourth-order valence-corrected chi connectivity index (χ4v) is 3.62. The Kier molecular flexibility index (Phi) is 6.59. The van der Waals surface area contributed by atoms with Gasteiger partial charge in [-0.1, -0.05) is 6.07 Å². The van der Waals surface area contributed by atoms with Crippen LogP contribution in [-0.4, -0.2) is 29.5 Å². The summed E-state index contributed by atoms with van der Waals surface area (Å²) in [7, 11) is 3.33. The van der Waals surface area contributed by atoms with Crippen molar-refractivity contribution in [2.45, 2.75) is 20.5 Å². The van der Waals surface area contributed by atoms with Gasteiger partial charge in [0.1, 0.15) is 28.5 Å². The lowest BCUT2D eigenvalue weighted by atomic mass is 10.0. The van der Waals surface area contributed by atoms with E-state index >= 15 is 0 Å². The van der Waals surface area contributed by atoms with Crippen LogP contribution in [-0.2, 0) is 6.61 Å². The Bertz CT molecular complexity index is 1220. The summed E-state index contributed by atoms with van der Waals surface area (Å²) in [5.41, 5.74) is 2.10. The van der Waals surface area contributed by atoms with E-state index < -0.39 is 11.6 Å². The Morgan fingerprint density at radius 3 is 2.48 bits per heavy atom. The van der Waals surface area contributed by atoms with E-state index in [0.717, 1.165) is 12.1 Å². The van der Waals surface area contributed by atoms with Crippen molar-refractivity contribution >= 4 is 21.8 Å². The van der Waals surface area contributed by atoms with Gasteiger partial charge in [-0.15, -0.1) is 0 Å². The second-order valence-corrected chi connectivity index (χ2v) is 8.07. The van der Waals surface area contributed by atoms with Crippen molar-refractivity contribution < 1.29 is 18.3 Å². The van der Waals surface area contributed by atoms with Gasteiger partial charge in [-0.2, -0.15) is 0 Å². The van der Waals surface area contributed by atoms with Crippen LogP contribution in [0.25, 0.3) is 5.69 Å². The van der Waals surface area contributed by atoms with Crippen LogP contribution in [0.2, 0.25) is 0 Å². The van der Waals surface area contributed by atoms with Gasteiger partial charge in [-0.25, -0.2) is 8.78 Å². The Balaban J connectivity index is 2.00. The maximum Gasteiger partial charge on any atom is 0.273 e. The summed E-state index contributed by atoms with van der Waals surface area (Å²) in [4.78, 5) is 27.1. The molecule has 0 aliphatic heterocycles. The molecule has 2 aromatic carbocycles. The molecule has 1 heterocycles. The van der Waals surface area contributed by atoms with Crippen LogP contribution < -0.4 is 10.3 Å². The van der Waals surface area contributed by atoms with Gasteiger partial charge in [0.2, 0.25) is 0 Å². The first-order valence-corrected chi connectivity index (χ1v) is 10.2. The van der Waals surface area contributed by atoms with Crippen LogP contribution in [0.4, 0.5) is 8.78 Å². The van der Waals surface area contributed by atoms with E-state index in [1.807, 2.05) is 0 Å². The number of rotatable bonds is 5. The van der Waals surface area contributed by atoms with Crippen LogP contribution in [0.1, 0.15) is 27.2 Å². The monoisotopic (exact) mass is 490 g/mol. The minimum Gasteiger partial charge on any atom is -0.487 e. The molecule has 0 N–H and O–H groups in total. The highest BCUT2D eigenvalue weighted by atomic mass is 79.9. The van der Waals surface area contributed by atoms with E-state index in [2.05, 4.69) is 15.9 Å². The molecular weight excluding hydrogens is 470 g/mol. The number of hydrogen-bond donors (Lipinski definition) is 0. The molecule has 0 saturated carbocycles. The van der Waals surface area contributed by atoms with E-state index in [1.165, 1.54) is 15.5 Å². The van der Waals surface area contributed by atoms with Crippen molar-refractivity contribution in [3.05, 3.63) is 91.3 Å². The van der Waals surface area contributed by atoms with Crippen molar-refractivity contribution in [1.29, 1.82) is 0 Å². The molecule has 0 saturated heterocycles. The highest BCUT2D eigenvalue weighted by Crippen LogP contribution is 2.27. The minimum atomic E-state index is -0.723. The summed E-state index contributed by atoms with van der Waals surface area (Å²) in [5, 5.41) is 0. The molecule has 0 aliphatic carbocycles. The molecule has 0 spiro atoms. The molecular formula is C23H21BrF2N2O3. The Labute approximate surface area is 187 Å². The summed E-state index contributed by atoms with van der Waals surface area (Å²) in [6, 6.07) is 10.1. The first-order valence-electron chi connectivity index (χ1n) is 9.42. The standard InChI is InChI=1S/C23H21BrF2N2O3/c1-13-10-20(31-12-15-8-9-16(25)11-18(15)26)21(24)23(30)28(13)19-7-5-6-17(14(19)2)22(29)27(3)4/h5-11H,12H2,1-4H3. The number of carbonyl (C=O) groups excluding carboxylic acids is 1. The lowest BCUT2D eigenvalue weighted by molar-refractivity contribution is 0.0827. The third-order valence-corrected chi connectivity index (χ3v) is 5.61. The number of pyridine rings is 1. The Morgan fingerprint density at radius 2 is 1.84 bits per heavy atom. The van der Waals surface area contributed by atoms with Gasteiger partial charge in [-0.3, -0.25) is 14.2 Å². The molecule has 0 unspecified atom stereocenters. The number of aromatic nitrogens is 1. The molecule has 0 bridgehead atoms. The van der Waals surface area contributed by atoms with Crippen LogP contribution >= 0.6 is 15.9 Å². The number of benzene rings is 2. The molecule has 1 amide bonds. The minimum absolute atomic E-state index is 0.157. The van der Waals surface area contributed by atoms with Crippen molar-refractivity contribution in [1.82, 2.24) is 9.47 Å². The predicted molar refractivity (Wildman–Crippen MR) is 118 cm³/mol. The summed E-state index contributed by atoms with van der Waals surface area (Å²) in [6.07, 6.45) is 0. The number of nitrogens with zero attached hydrogens (tertiary/aromatic N) is 2. The van der Waals surface area contributed by atoms with Gasteiger partial charge in [0, 0.05) is 43.0 Å². The molecule has 3 aromatic rings. The lowest BCUT2D eigenvalue weighted by Gasteiger charge is -2.19. The highest BCUT2D eigenvalue weighted by Gasteiger charge is 2.19. The topological polar surface area (TPSA) is 51.5 Å². The van der Waals surface area contributed by atoms with Gasteiger partial charge >= 0.3 is 0 Å². The van der Waals surface area contributed by atoms with Gasteiger partial charge in [0.25, 0.3) is 11.5 Å². The van der Waals surface area contributed by atoms with Gasteiger partial charge < -0.3 is 9.64 Å². The van der Waals surface area contributed by atoms with Crippen LogP contribution in [0, 0.1) is 25.5 Å². The molecule has 0 aliphatic rings. The second-order valence-electron chi connectivity index (χ2n) is 7.28. The Hall–Kier alpha value is -3.00. The summed E-state index contributed by atoms with van der Waals surface area (Å²) in [5.74, 6) is -1.32. The van der Waals surface area contributed by atoms with E-state index in [4.69, 9.17) is 4.74 Å². The summed E-state index contributed by atoms with van der Waals surface area (Å²) < 4.78 is 34.2. The number of halogens is 3. The van der Waals surface area contributed by atoms with E-state index in [-0.39, 0.29) is 33.9 Å². The van der Waals surface area contributed by atoms with Gasteiger partial charge in [0.05, 0.1) is 5.69 Å². The highest BCUT2D eigenvalue weighted by molar-refractivity contribution is 9.10. The average molecular weight is 491 g/mol. The van der Waals surface area contributed by atoms with Gasteiger partial charge in [0.15, 0.2) is 0 Å². The zero-order valence-corrected chi connectivity index (χ0v) is 19.1. The molecule has 3 rings (SSSR count). The number of hydrogen-bond acceptors (Lipinski definition) is 3. The van der Waals surface area contributed by atoms with Crippen LogP contribution in [0.3, 0.4) is 0 Å². The van der Waals surface area contributed by atoms with Gasteiger partial charge in [-0.05, 0) is 59.6 Å². The quantitative estimate of drug-likeness (QED) is 0.517. The second kappa shape index (κ2) is 9.01. The van der Waals surface area contributed by atoms with E-state index in [1.54, 1.807) is 52.2 Å². The lowest BCUT2D eigenvalue weighted by Crippen LogP contribution is -2.26. The molecule has 31 heavy (non-hydrogen) atoms. The molecule has 8 heteroatoms. The number of ether oxygens (including phenoxy) is 1. The fraction of sp³-hybridized carbons (Fsp3) is 0.217. The summed E-state index contributed by atoms with van der Waals surface area (Å²) >= 11 is 3.27. The smallest absolute Gasteiger partial charge is 0.273 e. The van der Waals surface area contributed by atoms with Crippen molar-refractivity contribution in [2.24, 2.45) is 0 Å². The SMILES string of the molecule is Cc1c(C(=O)N(C)C)cccc1-n1c(C)cc(OCc2ccc(F)cc2F)c(Br)c1=O. The normalized spacial score (nSPS) is 10.8.